The molecule has 1 heterocycles. The van der Waals surface area contributed by atoms with Gasteiger partial charge in [-0.15, -0.1) is 0 Å². The number of hydrogen-bond acceptors (Lipinski definition) is 5. The van der Waals surface area contributed by atoms with Gasteiger partial charge in [0, 0.05) is 19.2 Å². The van der Waals surface area contributed by atoms with Gasteiger partial charge in [-0.25, -0.2) is 13.6 Å². The van der Waals surface area contributed by atoms with Crippen molar-refractivity contribution in [2.75, 3.05) is 19.8 Å². The Labute approximate surface area is 126 Å². The maximum Gasteiger partial charge on any atom is 0.287 e. The summed E-state index contributed by atoms with van der Waals surface area (Å²) in [4.78, 5) is 11.4. The van der Waals surface area contributed by atoms with Crippen LogP contribution in [0.3, 0.4) is 0 Å². The molecule has 0 bridgehead atoms. The molecule has 0 spiro atoms. The molecule has 3 N–H and O–H groups in total. The number of nitrogens with two attached hydrogens (primary N) is 1. The second kappa shape index (κ2) is 7.77. The van der Waals surface area contributed by atoms with Gasteiger partial charge >= 0.3 is 0 Å². The van der Waals surface area contributed by atoms with Crippen LogP contribution in [-0.2, 0) is 14.8 Å². The molecule has 0 unspecified atom stereocenters. The van der Waals surface area contributed by atoms with Gasteiger partial charge in [0.25, 0.3) is 5.91 Å². The maximum atomic E-state index is 11.7. The molecule has 0 atom stereocenters. The number of amides is 1. The first-order chi connectivity index (χ1) is 9.36. The number of halogens is 1. The van der Waals surface area contributed by atoms with E-state index in [9.17, 15) is 13.2 Å². The number of carbonyl (C=O) groups is 1. The Morgan fingerprint density at radius 3 is 2.75 bits per heavy atom. The van der Waals surface area contributed by atoms with Crippen LogP contribution in [0.5, 0.6) is 0 Å². The fraction of sp³-hybridized carbons (Fsp3) is 0.545. The molecule has 1 aromatic rings. The summed E-state index contributed by atoms with van der Waals surface area (Å²) in [6.07, 6.45) is 2.01. The molecular weight excluding hydrogens is 352 g/mol. The van der Waals surface area contributed by atoms with Crippen molar-refractivity contribution in [2.45, 2.75) is 24.7 Å². The van der Waals surface area contributed by atoms with Crippen LogP contribution in [0.4, 0.5) is 0 Å². The molecule has 1 aromatic heterocycles. The van der Waals surface area contributed by atoms with Crippen LogP contribution in [0, 0.1) is 0 Å². The Bertz CT molecular complexity index is 555. The van der Waals surface area contributed by atoms with Crippen molar-refractivity contribution >= 4 is 31.9 Å². The van der Waals surface area contributed by atoms with E-state index in [1.165, 1.54) is 0 Å². The molecule has 0 aromatic carbocycles. The topological polar surface area (TPSA) is 112 Å². The van der Waals surface area contributed by atoms with Crippen molar-refractivity contribution in [3.8, 4) is 0 Å². The molecule has 0 radical (unpaired) electrons. The highest BCUT2D eigenvalue weighted by atomic mass is 79.9. The number of nitrogens with one attached hydrogen (secondary N) is 1. The fourth-order valence-corrected chi connectivity index (χ4v) is 2.83. The number of primary sulfonamides is 1. The van der Waals surface area contributed by atoms with Crippen molar-refractivity contribution in [2.24, 2.45) is 5.14 Å². The number of rotatable bonds is 8. The van der Waals surface area contributed by atoms with Gasteiger partial charge in [0.15, 0.2) is 10.4 Å². The standard InChI is InChI=1S/C11H17BrN2O5S/c1-2-3-5-18-6-4-14-11(15)8-7-9(10(12)19-8)20(13,16)17/h7H,2-6H2,1H3,(H,14,15)(H2,13,16,17). The van der Waals surface area contributed by atoms with Gasteiger partial charge in [-0.2, -0.15) is 0 Å². The lowest BCUT2D eigenvalue weighted by Gasteiger charge is -2.04. The molecule has 1 rings (SSSR count). The average Bonchev–Trinajstić information content (AvgIpc) is 2.75. The summed E-state index contributed by atoms with van der Waals surface area (Å²) < 4.78 is 32.6. The van der Waals surface area contributed by atoms with Crippen LogP contribution in [0.15, 0.2) is 20.0 Å². The zero-order chi connectivity index (χ0) is 15.2. The van der Waals surface area contributed by atoms with Gasteiger partial charge in [0.05, 0.1) is 6.61 Å². The molecule has 0 aliphatic rings. The normalized spacial score (nSPS) is 11.6. The number of sulfonamides is 1. The van der Waals surface area contributed by atoms with Crippen LogP contribution in [0.2, 0.25) is 0 Å². The Hall–Kier alpha value is -0.900. The summed E-state index contributed by atoms with van der Waals surface area (Å²) in [7, 11) is -3.93. The number of hydrogen-bond donors (Lipinski definition) is 2. The van der Waals surface area contributed by atoms with E-state index in [0.29, 0.717) is 19.8 Å². The highest BCUT2D eigenvalue weighted by Crippen LogP contribution is 2.24. The Kier molecular flexibility index (Phi) is 6.66. The summed E-state index contributed by atoms with van der Waals surface area (Å²) in [6, 6.07) is 1.08. The van der Waals surface area contributed by atoms with E-state index in [4.69, 9.17) is 14.3 Å². The predicted molar refractivity (Wildman–Crippen MR) is 75.8 cm³/mol. The first kappa shape index (κ1) is 17.2. The fourth-order valence-electron chi connectivity index (χ4n) is 1.33. The molecule has 0 aliphatic carbocycles. The lowest BCUT2D eigenvalue weighted by molar-refractivity contribution is 0.0885. The largest absolute Gasteiger partial charge is 0.443 e. The summed E-state index contributed by atoms with van der Waals surface area (Å²) in [5.74, 6) is -0.658. The zero-order valence-corrected chi connectivity index (χ0v) is 13.4. The van der Waals surface area contributed by atoms with E-state index in [1.54, 1.807) is 0 Å². The molecule has 0 fully saturated rings. The van der Waals surface area contributed by atoms with E-state index < -0.39 is 15.9 Å². The Morgan fingerprint density at radius 1 is 1.50 bits per heavy atom. The molecule has 20 heavy (non-hydrogen) atoms. The lowest BCUT2D eigenvalue weighted by atomic mass is 10.4. The molecule has 9 heteroatoms. The molecule has 7 nitrogen and oxygen atoms in total. The molecule has 114 valence electrons. The van der Waals surface area contributed by atoms with Gasteiger partial charge in [-0.05, 0) is 22.4 Å². The van der Waals surface area contributed by atoms with Gasteiger partial charge in [-0.1, -0.05) is 13.3 Å². The number of carbonyl (C=O) groups excluding carboxylic acids is 1. The molecule has 0 saturated heterocycles. The van der Waals surface area contributed by atoms with E-state index in [0.717, 1.165) is 18.9 Å². The summed E-state index contributed by atoms with van der Waals surface area (Å²) in [5, 5.41) is 7.52. The second-order valence-electron chi connectivity index (χ2n) is 4.02. The summed E-state index contributed by atoms with van der Waals surface area (Å²) in [5.41, 5.74) is 0. The van der Waals surface area contributed by atoms with Crippen molar-refractivity contribution in [3.05, 3.63) is 16.5 Å². The van der Waals surface area contributed by atoms with Crippen LogP contribution in [-0.4, -0.2) is 34.1 Å². The Morgan fingerprint density at radius 2 is 2.20 bits per heavy atom. The van der Waals surface area contributed by atoms with Crippen LogP contribution in [0.1, 0.15) is 30.3 Å². The maximum absolute atomic E-state index is 11.7. The van der Waals surface area contributed by atoms with E-state index in [2.05, 4.69) is 28.2 Å². The van der Waals surface area contributed by atoms with Crippen molar-refractivity contribution in [1.82, 2.24) is 5.32 Å². The SMILES string of the molecule is CCCCOCCNC(=O)c1cc(S(N)(=O)=O)c(Br)o1. The third kappa shape index (κ3) is 5.23. The minimum atomic E-state index is -3.93. The van der Waals surface area contributed by atoms with Crippen molar-refractivity contribution < 1.29 is 22.4 Å². The zero-order valence-electron chi connectivity index (χ0n) is 11.0. The molecule has 0 aliphatic heterocycles. The predicted octanol–water partition coefficient (Wildman–Crippen LogP) is 1.24. The first-order valence-electron chi connectivity index (χ1n) is 6.04. The van der Waals surface area contributed by atoms with Gasteiger partial charge < -0.3 is 14.5 Å². The number of furan rings is 1. The van der Waals surface area contributed by atoms with E-state index >= 15 is 0 Å². The van der Waals surface area contributed by atoms with E-state index in [-0.39, 0.29) is 15.3 Å². The monoisotopic (exact) mass is 368 g/mol. The quantitative estimate of drug-likeness (QED) is 0.670. The minimum Gasteiger partial charge on any atom is -0.443 e. The van der Waals surface area contributed by atoms with Crippen molar-refractivity contribution in [3.63, 3.8) is 0 Å². The second-order valence-corrected chi connectivity index (χ2v) is 6.27. The summed E-state index contributed by atoms with van der Waals surface area (Å²) >= 11 is 2.90. The highest BCUT2D eigenvalue weighted by molar-refractivity contribution is 9.10. The van der Waals surface area contributed by atoms with Crippen molar-refractivity contribution in [1.29, 1.82) is 0 Å². The molecule has 1 amide bonds. The highest BCUT2D eigenvalue weighted by Gasteiger charge is 2.21. The van der Waals surface area contributed by atoms with Gasteiger partial charge in [-0.3, -0.25) is 4.79 Å². The third-order valence-electron chi connectivity index (χ3n) is 2.36. The van der Waals surface area contributed by atoms with Crippen LogP contribution in [0.25, 0.3) is 0 Å². The minimum absolute atomic E-state index is 0.0932. The third-order valence-corrected chi connectivity index (χ3v) is 4.13. The van der Waals surface area contributed by atoms with Crippen LogP contribution >= 0.6 is 15.9 Å². The van der Waals surface area contributed by atoms with Gasteiger partial charge in [0.1, 0.15) is 4.90 Å². The average molecular weight is 369 g/mol. The Balaban J connectivity index is 2.49. The first-order valence-corrected chi connectivity index (χ1v) is 8.38. The molecule has 0 saturated carbocycles. The smallest absolute Gasteiger partial charge is 0.287 e. The number of ether oxygens (including phenoxy) is 1. The summed E-state index contributed by atoms with van der Waals surface area (Å²) in [6.45, 7) is 3.40. The van der Waals surface area contributed by atoms with Crippen LogP contribution < -0.4 is 10.5 Å². The van der Waals surface area contributed by atoms with E-state index in [1.807, 2.05) is 0 Å². The van der Waals surface area contributed by atoms with Gasteiger partial charge in [0.2, 0.25) is 10.0 Å². The molecular formula is C11H17BrN2O5S. The lowest BCUT2D eigenvalue weighted by Crippen LogP contribution is -2.27. The number of unbranched alkanes of at least 4 members (excludes halogenated alkanes) is 1.